The number of aliphatic hydroxyl groups is 1. The number of cyclic esters (lactones) is 1. The van der Waals surface area contributed by atoms with Gasteiger partial charge in [0.05, 0.1) is 23.9 Å². The molecule has 7 heteroatoms. The van der Waals surface area contributed by atoms with Gasteiger partial charge in [0.15, 0.2) is 0 Å². The van der Waals surface area contributed by atoms with Gasteiger partial charge in [-0.2, -0.15) is 5.10 Å². The van der Waals surface area contributed by atoms with Crippen molar-refractivity contribution < 1.29 is 19.0 Å². The molecule has 3 aromatic rings. The molecule has 2 atom stereocenters. The number of esters is 1. The lowest BCUT2D eigenvalue weighted by molar-refractivity contribution is -0.156. The fourth-order valence-corrected chi connectivity index (χ4v) is 4.29. The van der Waals surface area contributed by atoms with Crippen molar-refractivity contribution in [3.8, 4) is 16.3 Å². The summed E-state index contributed by atoms with van der Waals surface area (Å²) in [6.45, 7) is 4.13. The van der Waals surface area contributed by atoms with E-state index in [0.29, 0.717) is 6.42 Å². The fraction of sp³-hybridized carbons (Fsp3) is 0.304. The lowest BCUT2D eigenvalue weighted by Gasteiger charge is -2.23. The lowest BCUT2D eigenvalue weighted by Crippen LogP contribution is -2.31. The number of halogens is 1. The maximum Gasteiger partial charge on any atom is 0.309 e. The highest BCUT2D eigenvalue weighted by molar-refractivity contribution is 7.12. The van der Waals surface area contributed by atoms with Crippen LogP contribution in [0.4, 0.5) is 4.39 Å². The van der Waals surface area contributed by atoms with E-state index < -0.39 is 18.2 Å². The Labute approximate surface area is 178 Å². The number of carbonyl (C=O) groups is 1. The van der Waals surface area contributed by atoms with Crippen LogP contribution in [0.15, 0.2) is 47.9 Å². The number of aliphatic hydroxyl groups excluding tert-OH is 1. The van der Waals surface area contributed by atoms with Crippen LogP contribution in [0.2, 0.25) is 0 Å². The van der Waals surface area contributed by atoms with Crippen molar-refractivity contribution in [3.05, 3.63) is 64.9 Å². The highest BCUT2D eigenvalue weighted by atomic mass is 32.1. The van der Waals surface area contributed by atoms with Crippen molar-refractivity contribution in [2.45, 2.75) is 44.8 Å². The smallest absolute Gasteiger partial charge is 0.309 e. The van der Waals surface area contributed by atoms with E-state index in [4.69, 9.17) is 9.84 Å². The average molecular weight is 427 g/mol. The van der Waals surface area contributed by atoms with E-state index in [2.05, 4.69) is 13.8 Å². The first kappa shape index (κ1) is 20.5. The second-order valence-electron chi connectivity index (χ2n) is 7.65. The molecular formula is C23H23FN2O3S. The molecule has 1 fully saturated rings. The normalized spacial score (nSPS) is 19.6. The lowest BCUT2D eigenvalue weighted by atomic mass is 9.98. The van der Waals surface area contributed by atoms with Gasteiger partial charge in [0, 0.05) is 17.5 Å². The summed E-state index contributed by atoms with van der Waals surface area (Å²) in [5.74, 6) is -0.560. The molecule has 2 unspecified atom stereocenters. The minimum atomic E-state index is -0.698. The van der Waals surface area contributed by atoms with Gasteiger partial charge >= 0.3 is 5.97 Å². The Morgan fingerprint density at radius 3 is 2.70 bits per heavy atom. The summed E-state index contributed by atoms with van der Waals surface area (Å²) in [7, 11) is 0. The Hall–Kier alpha value is -2.77. The molecule has 3 heterocycles. The zero-order valence-corrected chi connectivity index (χ0v) is 17.6. The van der Waals surface area contributed by atoms with Crippen LogP contribution in [-0.2, 0) is 9.53 Å². The molecule has 0 spiro atoms. The maximum atomic E-state index is 13.6. The van der Waals surface area contributed by atoms with Gasteiger partial charge in [-0.25, -0.2) is 9.07 Å². The molecule has 2 aromatic heterocycles. The average Bonchev–Trinajstić information content (AvgIpc) is 3.34. The van der Waals surface area contributed by atoms with E-state index in [-0.39, 0.29) is 18.2 Å². The first-order valence-electron chi connectivity index (χ1n) is 9.91. The first-order chi connectivity index (χ1) is 14.4. The van der Waals surface area contributed by atoms with Gasteiger partial charge in [0.25, 0.3) is 0 Å². The van der Waals surface area contributed by atoms with E-state index in [0.717, 1.165) is 27.5 Å². The molecule has 4 rings (SSSR count). The highest BCUT2D eigenvalue weighted by Crippen LogP contribution is 2.35. The molecule has 0 amide bonds. The number of ether oxygens (including phenoxy) is 1. The van der Waals surface area contributed by atoms with Gasteiger partial charge in [0.2, 0.25) is 0 Å². The Morgan fingerprint density at radius 1 is 1.30 bits per heavy atom. The first-order valence-corrected chi connectivity index (χ1v) is 10.8. The SMILES string of the molecule is CC(C)c1nn(-c2cccs2)c(-c2ccc(F)cc2)c1/C=C/C1CC(O)CC(=O)O1. The molecule has 1 aliphatic rings. The third-order valence-electron chi connectivity index (χ3n) is 5.00. The molecule has 0 saturated carbocycles. The molecule has 0 radical (unpaired) electrons. The van der Waals surface area contributed by atoms with Crippen molar-refractivity contribution in [2.24, 2.45) is 0 Å². The Morgan fingerprint density at radius 2 is 2.07 bits per heavy atom. The zero-order valence-electron chi connectivity index (χ0n) is 16.8. The predicted octanol–water partition coefficient (Wildman–Crippen LogP) is 4.94. The second kappa shape index (κ2) is 8.53. The van der Waals surface area contributed by atoms with Crippen molar-refractivity contribution in [1.29, 1.82) is 0 Å². The number of benzene rings is 1. The van der Waals surface area contributed by atoms with Gasteiger partial charge in [-0.05, 0) is 53.8 Å². The van der Waals surface area contributed by atoms with Crippen LogP contribution < -0.4 is 0 Å². The predicted molar refractivity (Wildman–Crippen MR) is 115 cm³/mol. The van der Waals surface area contributed by atoms with Gasteiger partial charge in [-0.15, -0.1) is 11.3 Å². The van der Waals surface area contributed by atoms with Crippen LogP contribution in [0, 0.1) is 5.82 Å². The number of carbonyl (C=O) groups excluding carboxylic acids is 1. The van der Waals surface area contributed by atoms with Crippen molar-refractivity contribution in [3.63, 3.8) is 0 Å². The van der Waals surface area contributed by atoms with Crippen molar-refractivity contribution >= 4 is 23.4 Å². The monoisotopic (exact) mass is 426 g/mol. The largest absolute Gasteiger partial charge is 0.458 e. The Bertz CT molecular complexity index is 1060. The number of rotatable bonds is 5. The molecule has 1 aliphatic heterocycles. The van der Waals surface area contributed by atoms with Gasteiger partial charge in [-0.1, -0.05) is 19.9 Å². The summed E-state index contributed by atoms with van der Waals surface area (Å²) in [6.07, 6.45) is 2.90. The number of hydrogen-bond acceptors (Lipinski definition) is 5. The minimum Gasteiger partial charge on any atom is -0.458 e. The van der Waals surface area contributed by atoms with Crippen molar-refractivity contribution in [1.82, 2.24) is 9.78 Å². The molecule has 0 aliphatic carbocycles. The fourth-order valence-electron chi connectivity index (χ4n) is 3.60. The van der Waals surface area contributed by atoms with Gasteiger partial charge < -0.3 is 9.84 Å². The van der Waals surface area contributed by atoms with Crippen LogP contribution in [0.25, 0.3) is 22.3 Å². The quantitative estimate of drug-likeness (QED) is 0.587. The standard InChI is InChI=1S/C23H23FN2O3S/c1-14(2)22-19(10-9-18-12-17(27)13-21(28)29-18)23(15-5-7-16(24)8-6-15)26(25-22)20-4-3-11-30-20/h3-11,14,17-18,27H,12-13H2,1-2H3/b10-9+. The van der Waals surface area contributed by atoms with Crippen LogP contribution >= 0.6 is 11.3 Å². The summed E-state index contributed by atoms with van der Waals surface area (Å²) in [6, 6.07) is 10.3. The zero-order chi connectivity index (χ0) is 21.3. The summed E-state index contributed by atoms with van der Waals surface area (Å²) in [5, 5.41) is 17.7. The van der Waals surface area contributed by atoms with Crippen LogP contribution in [0.1, 0.15) is 43.9 Å². The van der Waals surface area contributed by atoms with E-state index in [1.54, 1.807) is 29.5 Å². The third kappa shape index (κ3) is 4.22. The molecule has 156 valence electrons. The number of nitrogens with zero attached hydrogens (tertiary/aromatic N) is 2. The van der Waals surface area contributed by atoms with E-state index >= 15 is 0 Å². The maximum absolute atomic E-state index is 13.6. The molecule has 1 N–H and O–H groups in total. The second-order valence-corrected chi connectivity index (χ2v) is 8.58. The summed E-state index contributed by atoms with van der Waals surface area (Å²) >= 11 is 1.57. The third-order valence-corrected chi connectivity index (χ3v) is 5.84. The molecule has 0 bridgehead atoms. The molecule has 5 nitrogen and oxygen atoms in total. The van der Waals surface area contributed by atoms with E-state index in [1.165, 1.54) is 12.1 Å². The minimum absolute atomic E-state index is 0.0265. The summed E-state index contributed by atoms with van der Waals surface area (Å²) < 4.78 is 20.8. The highest BCUT2D eigenvalue weighted by Gasteiger charge is 2.26. The molecule has 1 aromatic carbocycles. The topological polar surface area (TPSA) is 64.3 Å². The van der Waals surface area contributed by atoms with E-state index in [1.807, 2.05) is 28.3 Å². The van der Waals surface area contributed by atoms with E-state index in [9.17, 15) is 14.3 Å². The van der Waals surface area contributed by atoms with Crippen molar-refractivity contribution in [2.75, 3.05) is 0 Å². The van der Waals surface area contributed by atoms with Gasteiger partial charge in [-0.3, -0.25) is 4.79 Å². The Balaban J connectivity index is 1.84. The van der Waals surface area contributed by atoms with Crippen LogP contribution in [0.5, 0.6) is 0 Å². The molecule has 1 saturated heterocycles. The summed E-state index contributed by atoms with van der Waals surface area (Å²) in [4.78, 5) is 11.7. The number of aromatic nitrogens is 2. The van der Waals surface area contributed by atoms with Crippen LogP contribution in [-0.4, -0.2) is 33.1 Å². The van der Waals surface area contributed by atoms with Gasteiger partial charge in [0.1, 0.15) is 16.9 Å². The van der Waals surface area contributed by atoms with Crippen LogP contribution in [0.3, 0.4) is 0 Å². The number of hydrogen-bond donors (Lipinski definition) is 1. The Kier molecular flexibility index (Phi) is 5.83. The number of thiophene rings is 1. The molecular weight excluding hydrogens is 403 g/mol. The molecule has 30 heavy (non-hydrogen) atoms. The summed E-state index contributed by atoms with van der Waals surface area (Å²) in [5.41, 5.74) is 3.47.